The van der Waals surface area contributed by atoms with Gasteiger partial charge in [0.1, 0.15) is 5.82 Å². The quantitative estimate of drug-likeness (QED) is 0.618. The largest absolute Gasteiger partial charge is 0.341 e. The standard InChI is InChI=1S/C24H32N8/c1-18-28-22-21(32(18)15-19-4-5-19)16-30(14-20-12-27-29(2)13-20)17-24(22)6-10-31(11-7-24)23-25-8-3-9-26-23/h3,8-9,12-13,19H,4-7,10-11,14-17H2,1-2H3. The van der Waals surface area contributed by atoms with Crippen LogP contribution in [0.4, 0.5) is 5.95 Å². The topological polar surface area (TPSA) is 67.9 Å². The van der Waals surface area contributed by atoms with Gasteiger partial charge in [0, 0.05) is 75.9 Å². The summed E-state index contributed by atoms with van der Waals surface area (Å²) < 4.78 is 4.44. The van der Waals surface area contributed by atoms with Crippen LogP contribution in [0.15, 0.2) is 30.9 Å². The van der Waals surface area contributed by atoms with Gasteiger partial charge in [0.05, 0.1) is 17.6 Å². The maximum absolute atomic E-state index is 5.22. The number of hydrogen-bond donors (Lipinski definition) is 0. The molecular weight excluding hydrogens is 400 g/mol. The minimum atomic E-state index is 0.0979. The number of anilines is 1. The van der Waals surface area contributed by atoms with Crippen molar-refractivity contribution in [1.29, 1.82) is 0 Å². The van der Waals surface area contributed by atoms with E-state index in [2.05, 4.69) is 42.6 Å². The zero-order chi connectivity index (χ0) is 21.7. The molecule has 8 heteroatoms. The molecule has 1 aliphatic carbocycles. The molecule has 6 rings (SSSR count). The van der Waals surface area contributed by atoms with E-state index in [0.717, 1.165) is 64.0 Å². The van der Waals surface area contributed by atoms with Gasteiger partial charge in [-0.2, -0.15) is 5.10 Å². The van der Waals surface area contributed by atoms with Crippen LogP contribution in [-0.4, -0.2) is 53.8 Å². The number of aromatic nitrogens is 6. The first kappa shape index (κ1) is 19.9. The predicted octanol–water partition coefficient (Wildman–Crippen LogP) is 2.68. The Hall–Kier alpha value is -2.74. The van der Waals surface area contributed by atoms with E-state index in [9.17, 15) is 0 Å². The lowest BCUT2D eigenvalue weighted by molar-refractivity contribution is 0.138. The Kier molecular flexibility index (Phi) is 4.78. The average Bonchev–Trinajstić information content (AvgIpc) is 3.45. The SMILES string of the molecule is Cc1nc2c(n1CC1CC1)CN(Cc1cnn(C)c1)CC21CCN(c2ncccn2)CC1. The van der Waals surface area contributed by atoms with E-state index >= 15 is 0 Å². The molecule has 3 aromatic heterocycles. The van der Waals surface area contributed by atoms with Gasteiger partial charge in [-0.05, 0) is 44.6 Å². The van der Waals surface area contributed by atoms with Crippen LogP contribution in [0.5, 0.6) is 0 Å². The van der Waals surface area contributed by atoms with Crippen LogP contribution >= 0.6 is 0 Å². The van der Waals surface area contributed by atoms with E-state index in [1.807, 2.05) is 36.4 Å². The van der Waals surface area contributed by atoms with Crippen molar-refractivity contribution < 1.29 is 0 Å². The van der Waals surface area contributed by atoms with Crippen molar-refractivity contribution in [2.75, 3.05) is 24.5 Å². The highest BCUT2D eigenvalue weighted by molar-refractivity contribution is 5.36. The molecule has 0 bridgehead atoms. The Bertz CT molecular complexity index is 1090. The molecular formula is C24H32N8. The minimum Gasteiger partial charge on any atom is -0.341 e. The third-order valence-corrected chi connectivity index (χ3v) is 7.52. The second-order valence-electron chi connectivity index (χ2n) is 9.99. The Balaban J connectivity index is 1.31. The van der Waals surface area contributed by atoms with Gasteiger partial charge in [-0.25, -0.2) is 15.0 Å². The molecule has 0 radical (unpaired) electrons. The zero-order valence-electron chi connectivity index (χ0n) is 19.1. The van der Waals surface area contributed by atoms with Gasteiger partial charge in [0.25, 0.3) is 0 Å². The molecule has 2 fully saturated rings. The molecule has 1 saturated heterocycles. The van der Waals surface area contributed by atoms with Crippen molar-refractivity contribution in [2.45, 2.75) is 57.7 Å². The van der Waals surface area contributed by atoms with Crippen LogP contribution in [0.3, 0.4) is 0 Å². The minimum absolute atomic E-state index is 0.0979. The van der Waals surface area contributed by atoms with E-state index < -0.39 is 0 Å². The fourth-order valence-corrected chi connectivity index (χ4v) is 5.67. The summed E-state index contributed by atoms with van der Waals surface area (Å²) in [4.78, 5) is 19.2. The Morgan fingerprint density at radius 3 is 2.59 bits per heavy atom. The summed E-state index contributed by atoms with van der Waals surface area (Å²) in [5.74, 6) is 2.88. The first-order valence-corrected chi connectivity index (χ1v) is 11.9. The molecule has 0 N–H and O–H groups in total. The van der Waals surface area contributed by atoms with Crippen LogP contribution in [-0.2, 0) is 32.1 Å². The highest BCUT2D eigenvalue weighted by Gasteiger charge is 2.45. The zero-order valence-corrected chi connectivity index (χ0v) is 19.1. The molecule has 0 aromatic carbocycles. The average molecular weight is 433 g/mol. The van der Waals surface area contributed by atoms with E-state index in [1.54, 1.807) is 0 Å². The van der Waals surface area contributed by atoms with Crippen molar-refractivity contribution in [2.24, 2.45) is 13.0 Å². The molecule has 3 aromatic rings. The Morgan fingerprint density at radius 1 is 1.12 bits per heavy atom. The second kappa shape index (κ2) is 7.69. The summed E-state index contributed by atoms with van der Waals surface area (Å²) in [5.41, 5.74) is 4.20. The maximum Gasteiger partial charge on any atom is 0.225 e. The van der Waals surface area contributed by atoms with Gasteiger partial charge < -0.3 is 9.47 Å². The number of nitrogens with zero attached hydrogens (tertiary/aromatic N) is 8. The van der Waals surface area contributed by atoms with Crippen LogP contribution < -0.4 is 4.90 Å². The fraction of sp³-hybridized carbons (Fsp3) is 0.583. The van der Waals surface area contributed by atoms with Gasteiger partial charge in [-0.3, -0.25) is 9.58 Å². The van der Waals surface area contributed by atoms with Gasteiger partial charge >= 0.3 is 0 Å². The Labute approximate surface area is 189 Å². The number of imidazole rings is 1. The summed E-state index contributed by atoms with van der Waals surface area (Å²) in [6, 6.07) is 1.88. The molecule has 0 unspecified atom stereocenters. The highest BCUT2D eigenvalue weighted by atomic mass is 15.3. The summed E-state index contributed by atoms with van der Waals surface area (Å²) in [5, 5.41) is 4.40. The normalized spacial score (nSPS) is 20.6. The lowest BCUT2D eigenvalue weighted by Gasteiger charge is -2.47. The molecule has 0 amide bonds. The van der Waals surface area contributed by atoms with E-state index in [1.165, 1.54) is 35.6 Å². The summed E-state index contributed by atoms with van der Waals surface area (Å²) in [7, 11) is 1.99. The summed E-state index contributed by atoms with van der Waals surface area (Å²) in [6.07, 6.45) is 12.7. The molecule has 32 heavy (non-hydrogen) atoms. The summed E-state index contributed by atoms with van der Waals surface area (Å²) >= 11 is 0. The molecule has 5 heterocycles. The van der Waals surface area contributed by atoms with Crippen LogP contribution in [0, 0.1) is 12.8 Å². The van der Waals surface area contributed by atoms with Gasteiger partial charge in [0.15, 0.2) is 0 Å². The number of fused-ring (bicyclic) bond motifs is 2. The van der Waals surface area contributed by atoms with E-state index in [4.69, 9.17) is 4.98 Å². The molecule has 1 spiro atoms. The van der Waals surface area contributed by atoms with Gasteiger partial charge in [-0.15, -0.1) is 0 Å². The predicted molar refractivity (Wildman–Crippen MR) is 122 cm³/mol. The van der Waals surface area contributed by atoms with Gasteiger partial charge in [0.2, 0.25) is 5.95 Å². The molecule has 168 valence electrons. The smallest absolute Gasteiger partial charge is 0.225 e. The number of piperidine rings is 1. The maximum atomic E-state index is 5.22. The fourth-order valence-electron chi connectivity index (χ4n) is 5.67. The molecule has 2 aliphatic heterocycles. The van der Waals surface area contributed by atoms with Gasteiger partial charge in [-0.1, -0.05) is 0 Å². The third kappa shape index (κ3) is 3.60. The molecule has 1 saturated carbocycles. The second-order valence-corrected chi connectivity index (χ2v) is 9.99. The highest BCUT2D eigenvalue weighted by Crippen LogP contribution is 2.43. The van der Waals surface area contributed by atoms with Crippen molar-refractivity contribution in [3.05, 3.63) is 53.6 Å². The first-order valence-electron chi connectivity index (χ1n) is 11.9. The summed E-state index contributed by atoms with van der Waals surface area (Å²) in [6.45, 7) is 8.25. The van der Waals surface area contributed by atoms with E-state index in [0.29, 0.717) is 0 Å². The first-order chi connectivity index (χ1) is 15.6. The van der Waals surface area contributed by atoms with Crippen LogP contribution in [0.25, 0.3) is 0 Å². The van der Waals surface area contributed by atoms with Crippen LogP contribution in [0.2, 0.25) is 0 Å². The van der Waals surface area contributed by atoms with Crippen molar-refractivity contribution >= 4 is 5.95 Å². The lowest BCUT2D eigenvalue weighted by Crippen LogP contribution is -2.52. The van der Waals surface area contributed by atoms with Crippen LogP contribution in [0.1, 0.15) is 48.5 Å². The lowest BCUT2D eigenvalue weighted by atomic mass is 9.72. The number of rotatable bonds is 5. The van der Waals surface area contributed by atoms with Crippen molar-refractivity contribution in [3.63, 3.8) is 0 Å². The monoisotopic (exact) mass is 432 g/mol. The third-order valence-electron chi connectivity index (χ3n) is 7.52. The number of aryl methyl sites for hydroxylation is 2. The Morgan fingerprint density at radius 2 is 1.91 bits per heavy atom. The molecule has 8 nitrogen and oxygen atoms in total. The number of hydrogen-bond acceptors (Lipinski definition) is 6. The van der Waals surface area contributed by atoms with Crippen molar-refractivity contribution in [1.82, 2.24) is 34.2 Å². The molecule has 3 aliphatic rings. The van der Waals surface area contributed by atoms with E-state index in [-0.39, 0.29) is 5.41 Å². The molecule has 0 atom stereocenters. The van der Waals surface area contributed by atoms with Crippen molar-refractivity contribution in [3.8, 4) is 0 Å².